The fraction of sp³-hybridized carbons (Fsp3) is 0.182. The van der Waals surface area contributed by atoms with Crippen molar-refractivity contribution in [3.63, 3.8) is 0 Å². The molecule has 2 aromatic carbocycles. The number of nitrogens with one attached hydrogen (secondary N) is 1. The normalized spacial score (nSPS) is 14.1. The number of urea groups is 1. The lowest BCUT2D eigenvalue weighted by molar-refractivity contribution is 0.0996. The summed E-state index contributed by atoms with van der Waals surface area (Å²) in [7, 11) is 0. The van der Waals surface area contributed by atoms with Crippen LogP contribution in [0.3, 0.4) is 0 Å². The van der Waals surface area contributed by atoms with Crippen LogP contribution in [0.2, 0.25) is 0 Å². The molecule has 3 aromatic rings. The number of nitrogens with zero attached hydrogens (tertiary/aromatic N) is 2. The van der Waals surface area contributed by atoms with Crippen molar-refractivity contribution in [1.29, 1.82) is 0 Å². The van der Waals surface area contributed by atoms with E-state index in [9.17, 15) is 18.4 Å². The zero-order valence-electron chi connectivity index (χ0n) is 16.0. The van der Waals surface area contributed by atoms with Crippen LogP contribution in [0.4, 0.5) is 25.0 Å². The van der Waals surface area contributed by atoms with Crippen LogP contribution in [-0.4, -0.2) is 29.9 Å². The molecule has 0 aliphatic carbocycles. The summed E-state index contributed by atoms with van der Waals surface area (Å²) in [5, 5.41) is 2.72. The van der Waals surface area contributed by atoms with Gasteiger partial charge in [-0.05, 0) is 48.9 Å². The molecule has 0 atom stereocenters. The van der Waals surface area contributed by atoms with E-state index < -0.39 is 11.6 Å². The fourth-order valence-electron chi connectivity index (χ4n) is 3.35. The van der Waals surface area contributed by atoms with Crippen LogP contribution in [-0.2, 0) is 6.54 Å². The number of amides is 3. The third kappa shape index (κ3) is 4.17. The van der Waals surface area contributed by atoms with Crippen molar-refractivity contribution in [1.82, 2.24) is 4.90 Å². The number of furan rings is 1. The van der Waals surface area contributed by atoms with E-state index >= 15 is 0 Å². The molecule has 3 amide bonds. The van der Waals surface area contributed by atoms with Gasteiger partial charge in [0, 0.05) is 36.1 Å². The fourth-order valence-corrected chi connectivity index (χ4v) is 3.35. The van der Waals surface area contributed by atoms with Crippen molar-refractivity contribution < 1.29 is 22.8 Å². The summed E-state index contributed by atoms with van der Waals surface area (Å²) >= 11 is 0. The molecule has 1 saturated heterocycles. The monoisotopic (exact) mass is 411 g/mol. The number of carbonyl (C=O) groups excluding carboxylic acids is 2. The highest BCUT2D eigenvalue weighted by Gasteiger charge is 2.27. The lowest BCUT2D eigenvalue weighted by Gasteiger charge is -2.35. The second-order valence-corrected chi connectivity index (χ2v) is 6.92. The molecule has 1 aromatic heterocycles. The molecule has 0 bridgehead atoms. The van der Waals surface area contributed by atoms with E-state index in [-0.39, 0.29) is 29.8 Å². The number of halogens is 2. The van der Waals surface area contributed by atoms with E-state index in [0.717, 1.165) is 6.07 Å². The average Bonchev–Trinajstić information content (AvgIpc) is 3.27. The number of hydrogen-bond donors (Lipinski definition) is 1. The molecule has 0 spiro atoms. The Morgan fingerprint density at radius 2 is 1.87 bits per heavy atom. The van der Waals surface area contributed by atoms with Gasteiger partial charge in [-0.3, -0.25) is 9.69 Å². The summed E-state index contributed by atoms with van der Waals surface area (Å²) in [5.41, 5.74) is 1.50. The molecule has 1 N–H and O–H groups in total. The molecule has 0 saturated carbocycles. The van der Waals surface area contributed by atoms with Crippen molar-refractivity contribution in [3.05, 3.63) is 83.8 Å². The highest BCUT2D eigenvalue weighted by Crippen LogP contribution is 2.24. The van der Waals surface area contributed by atoms with Crippen molar-refractivity contribution in [2.45, 2.75) is 13.0 Å². The number of benzene rings is 2. The summed E-state index contributed by atoms with van der Waals surface area (Å²) in [6.07, 6.45) is 2.13. The van der Waals surface area contributed by atoms with Gasteiger partial charge in [-0.1, -0.05) is 6.07 Å². The molecular formula is C22H19F2N3O3. The molecule has 8 heteroatoms. The van der Waals surface area contributed by atoms with Crippen LogP contribution >= 0.6 is 0 Å². The van der Waals surface area contributed by atoms with Crippen molar-refractivity contribution in [2.75, 3.05) is 23.3 Å². The van der Waals surface area contributed by atoms with E-state index in [2.05, 4.69) is 5.32 Å². The molecule has 154 valence electrons. The lowest BCUT2D eigenvalue weighted by Crippen LogP contribution is -2.49. The van der Waals surface area contributed by atoms with Crippen LogP contribution in [0.1, 0.15) is 22.5 Å². The number of anilines is 2. The summed E-state index contributed by atoms with van der Waals surface area (Å²) < 4.78 is 32.1. The summed E-state index contributed by atoms with van der Waals surface area (Å²) in [5.74, 6) is -1.48. The van der Waals surface area contributed by atoms with Gasteiger partial charge in [0.15, 0.2) is 5.76 Å². The number of carbonyl (C=O) groups is 2. The van der Waals surface area contributed by atoms with Gasteiger partial charge in [-0.25, -0.2) is 13.6 Å². The minimum Gasteiger partial charge on any atom is -0.459 e. The van der Waals surface area contributed by atoms with Gasteiger partial charge in [0.2, 0.25) is 0 Å². The molecule has 0 radical (unpaired) electrons. The van der Waals surface area contributed by atoms with Crippen LogP contribution in [0.25, 0.3) is 0 Å². The Balaban J connectivity index is 1.44. The standard InChI is InChI=1S/C22H19F2N3O3/c23-16-5-4-15(19(24)13-16)14-26-10-2-11-27(22(26)29)18-8-6-17(7-9-18)25-21(28)20-3-1-12-30-20/h1,3-9,12-13H,2,10-11,14H2,(H,25,28). The van der Waals surface area contributed by atoms with Crippen LogP contribution in [0, 0.1) is 11.6 Å². The van der Waals surface area contributed by atoms with E-state index in [1.54, 1.807) is 41.3 Å². The van der Waals surface area contributed by atoms with E-state index in [0.29, 0.717) is 30.9 Å². The number of hydrogen-bond acceptors (Lipinski definition) is 3. The Kier molecular flexibility index (Phi) is 5.47. The second-order valence-electron chi connectivity index (χ2n) is 6.92. The maximum atomic E-state index is 14.0. The first-order valence-corrected chi connectivity index (χ1v) is 9.46. The van der Waals surface area contributed by atoms with Crippen molar-refractivity contribution >= 4 is 23.3 Å². The molecule has 1 aliphatic heterocycles. The van der Waals surface area contributed by atoms with Crippen LogP contribution in [0.5, 0.6) is 0 Å². The largest absolute Gasteiger partial charge is 0.459 e. The highest BCUT2D eigenvalue weighted by atomic mass is 19.1. The Hall–Kier alpha value is -3.68. The Morgan fingerprint density at radius 3 is 2.57 bits per heavy atom. The Bertz CT molecular complexity index is 1050. The second kappa shape index (κ2) is 8.36. The Morgan fingerprint density at radius 1 is 1.07 bits per heavy atom. The van der Waals surface area contributed by atoms with Gasteiger partial charge in [-0.15, -0.1) is 0 Å². The third-order valence-corrected chi connectivity index (χ3v) is 4.87. The van der Waals surface area contributed by atoms with Gasteiger partial charge in [0.1, 0.15) is 11.6 Å². The van der Waals surface area contributed by atoms with Gasteiger partial charge in [0.05, 0.1) is 12.8 Å². The molecule has 0 unspecified atom stereocenters. The molecular weight excluding hydrogens is 392 g/mol. The molecule has 2 heterocycles. The minimum atomic E-state index is -0.670. The summed E-state index contributed by atoms with van der Waals surface area (Å²) in [4.78, 5) is 28.1. The maximum Gasteiger partial charge on any atom is 0.324 e. The lowest BCUT2D eigenvalue weighted by atomic mass is 10.1. The maximum absolute atomic E-state index is 14.0. The molecule has 1 aliphatic rings. The Labute approximate surface area is 171 Å². The first-order chi connectivity index (χ1) is 14.5. The summed E-state index contributed by atoms with van der Waals surface area (Å²) in [6, 6.07) is 13.2. The molecule has 30 heavy (non-hydrogen) atoms. The van der Waals surface area contributed by atoms with E-state index in [1.807, 2.05) is 0 Å². The number of rotatable bonds is 5. The van der Waals surface area contributed by atoms with Crippen molar-refractivity contribution in [2.24, 2.45) is 0 Å². The highest BCUT2D eigenvalue weighted by molar-refractivity contribution is 6.02. The van der Waals surface area contributed by atoms with Crippen LogP contribution < -0.4 is 10.2 Å². The van der Waals surface area contributed by atoms with Crippen LogP contribution in [0.15, 0.2) is 65.3 Å². The smallest absolute Gasteiger partial charge is 0.324 e. The summed E-state index contributed by atoms with van der Waals surface area (Å²) in [6.45, 7) is 1.08. The van der Waals surface area contributed by atoms with Gasteiger partial charge in [-0.2, -0.15) is 0 Å². The molecule has 1 fully saturated rings. The SMILES string of the molecule is O=C(Nc1ccc(N2CCCN(Cc3ccc(F)cc3F)C2=O)cc1)c1ccco1. The first kappa shape index (κ1) is 19.6. The molecule has 6 nitrogen and oxygen atoms in total. The van der Waals surface area contributed by atoms with Crippen molar-refractivity contribution in [3.8, 4) is 0 Å². The third-order valence-electron chi connectivity index (χ3n) is 4.87. The predicted molar refractivity (Wildman–Crippen MR) is 107 cm³/mol. The zero-order chi connectivity index (χ0) is 21.1. The van der Waals surface area contributed by atoms with Gasteiger partial charge >= 0.3 is 6.03 Å². The topological polar surface area (TPSA) is 65.8 Å². The quantitative estimate of drug-likeness (QED) is 0.665. The first-order valence-electron chi connectivity index (χ1n) is 9.46. The molecule has 4 rings (SSSR count). The zero-order valence-corrected chi connectivity index (χ0v) is 16.0. The van der Waals surface area contributed by atoms with E-state index in [4.69, 9.17) is 4.42 Å². The van der Waals surface area contributed by atoms with Gasteiger partial charge < -0.3 is 14.6 Å². The predicted octanol–water partition coefficient (Wildman–Crippen LogP) is 4.64. The van der Waals surface area contributed by atoms with E-state index in [1.165, 1.54) is 23.3 Å². The van der Waals surface area contributed by atoms with Gasteiger partial charge in [0.25, 0.3) is 5.91 Å². The minimum absolute atomic E-state index is 0.0682. The average molecular weight is 411 g/mol.